The first-order valence-electron chi connectivity index (χ1n) is 4.27. The quantitative estimate of drug-likeness (QED) is 0.574. The maximum atomic E-state index is 10.8. The highest BCUT2D eigenvalue weighted by atomic mass is 16.5. The molecule has 66 valence electrons. The Balaban J connectivity index is 3.35. The molecule has 1 unspecified atom stereocenters. The van der Waals surface area contributed by atoms with Crippen molar-refractivity contribution in [3.63, 3.8) is 0 Å². The van der Waals surface area contributed by atoms with Gasteiger partial charge >= 0.3 is 5.97 Å². The first kappa shape index (κ1) is 10.5. The van der Waals surface area contributed by atoms with Crippen molar-refractivity contribution < 1.29 is 9.53 Å². The van der Waals surface area contributed by atoms with Gasteiger partial charge in [0.15, 0.2) is 0 Å². The van der Waals surface area contributed by atoms with Crippen molar-refractivity contribution in [2.24, 2.45) is 5.92 Å². The lowest BCUT2D eigenvalue weighted by Gasteiger charge is -2.07. The second-order valence-corrected chi connectivity index (χ2v) is 3.03. The van der Waals surface area contributed by atoms with E-state index in [0.29, 0.717) is 12.3 Å². The van der Waals surface area contributed by atoms with Crippen LogP contribution in [-0.4, -0.2) is 13.1 Å². The number of unbranched alkanes of at least 4 members (excludes halogenated alkanes) is 1. The lowest BCUT2D eigenvalue weighted by atomic mass is 10.0. The van der Waals surface area contributed by atoms with Crippen LogP contribution < -0.4 is 0 Å². The number of hydrogen-bond donors (Lipinski definition) is 0. The van der Waals surface area contributed by atoms with Gasteiger partial charge < -0.3 is 4.74 Å². The van der Waals surface area contributed by atoms with Gasteiger partial charge in [0, 0.05) is 6.42 Å². The largest absolute Gasteiger partial charge is 0.469 e. The molecule has 0 radical (unpaired) electrons. The van der Waals surface area contributed by atoms with E-state index in [4.69, 9.17) is 0 Å². The summed E-state index contributed by atoms with van der Waals surface area (Å²) in [5, 5.41) is 0. The number of hydrogen-bond acceptors (Lipinski definition) is 2. The summed E-state index contributed by atoms with van der Waals surface area (Å²) < 4.78 is 4.56. The molecule has 0 saturated carbocycles. The fourth-order valence-electron chi connectivity index (χ4n) is 1.02. The van der Waals surface area contributed by atoms with E-state index in [9.17, 15) is 4.79 Å². The van der Waals surface area contributed by atoms with Gasteiger partial charge in [0.05, 0.1) is 7.11 Å². The Kier molecular flexibility index (Phi) is 5.90. The summed E-state index contributed by atoms with van der Waals surface area (Å²) in [6.07, 6.45) is 4.10. The molecule has 0 aliphatic heterocycles. The third-order valence-electron chi connectivity index (χ3n) is 1.79. The zero-order valence-corrected chi connectivity index (χ0v) is 7.72. The fourth-order valence-corrected chi connectivity index (χ4v) is 1.02. The molecule has 0 saturated heterocycles. The van der Waals surface area contributed by atoms with Crippen LogP contribution in [0, 0.1) is 5.92 Å². The molecule has 0 aromatic heterocycles. The normalized spacial score (nSPS) is 12.6. The molecule has 0 spiro atoms. The summed E-state index contributed by atoms with van der Waals surface area (Å²) in [5.41, 5.74) is 0. The van der Waals surface area contributed by atoms with Gasteiger partial charge in [0.1, 0.15) is 0 Å². The summed E-state index contributed by atoms with van der Waals surface area (Å²) in [7, 11) is 1.44. The van der Waals surface area contributed by atoms with Crippen molar-refractivity contribution in [3.05, 3.63) is 0 Å². The second kappa shape index (κ2) is 6.20. The molecular formula is C9H18O2. The Morgan fingerprint density at radius 3 is 2.64 bits per heavy atom. The van der Waals surface area contributed by atoms with Crippen molar-refractivity contribution >= 4 is 5.97 Å². The molecule has 2 nitrogen and oxygen atoms in total. The van der Waals surface area contributed by atoms with Crippen LogP contribution in [0.3, 0.4) is 0 Å². The molecule has 0 aromatic carbocycles. The Hall–Kier alpha value is -0.530. The molecular weight excluding hydrogens is 140 g/mol. The smallest absolute Gasteiger partial charge is 0.305 e. The molecule has 0 rings (SSSR count). The van der Waals surface area contributed by atoms with Crippen LogP contribution in [0.25, 0.3) is 0 Å². The molecule has 0 aliphatic rings. The molecule has 0 aromatic rings. The number of rotatable bonds is 5. The summed E-state index contributed by atoms with van der Waals surface area (Å²) in [4.78, 5) is 10.8. The molecule has 0 aliphatic carbocycles. The highest BCUT2D eigenvalue weighted by molar-refractivity contribution is 5.69. The van der Waals surface area contributed by atoms with Gasteiger partial charge in [-0.1, -0.05) is 33.1 Å². The Labute approximate surface area is 68.9 Å². The molecule has 11 heavy (non-hydrogen) atoms. The first-order chi connectivity index (χ1) is 5.20. The second-order valence-electron chi connectivity index (χ2n) is 3.03. The Bertz CT molecular complexity index is 110. The lowest BCUT2D eigenvalue weighted by molar-refractivity contribution is -0.141. The standard InChI is InChI=1S/C9H18O2/c1-4-5-6-8(2)7-9(10)11-3/h8H,4-7H2,1-3H3. The summed E-state index contributed by atoms with van der Waals surface area (Å²) >= 11 is 0. The topological polar surface area (TPSA) is 26.3 Å². The van der Waals surface area contributed by atoms with Crippen molar-refractivity contribution in [3.8, 4) is 0 Å². The third-order valence-corrected chi connectivity index (χ3v) is 1.79. The zero-order chi connectivity index (χ0) is 8.69. The molecule has 0 fully saturated rings. The van der Waals surface area contributed by atoms with Gasteiger partial charge in [-0.05, 0) is 5.92 Å². The van der Waals surface area contributed by atoms with E-state index in [1.54, 1.807) is 0 Å². The van der Waals surface area contributed by atoms with E-state index in [-0.39, 0.29) is 5.97 Å². The molecule has 1 atom stereocenters. The number of carbonyl (C=O) groups excluding carboxylic acids is 1. The molecule has 0 amide bonds. The van der Waals surface area contributed by atoms with E-state index < -0.39 is 0 Å². The number of carbonyl (C=O) groups is 1. The minimum atomic E-state index is -0.0893. The average molecular weight is 158 g/mol. The van der Waals surface area contributed by atoms with E-state index in [0.717, 1.165) is 6.42 Å². The van der Waals surface area contributed by atoms with Gasteiger partial charge in [0.25, 0.3) is 0 Å². The van der Waals surface area contributed by atoms with Crippen LogP contribution in [0.15, 0.2) is 0 Å². The molecule has 0 heterocycles. The molecule has 0 bridgehead atoms. The Morgan fingerprint density at radius 2 is 2.18 bits per heavy atom. The van der Waals surface area contributed by atoms with Crippen LogP contribution >= 0.6 is 0 Å². The van der Waals surface area contributed by atoms with Gasteiger partial charge in [-0.2, -0.15) is 0 Å². The lowest BCUT2D eigenvalue weighted by Crippen LogP contribution is -2.06. The highest BCUT2D eigenvalue weighted by Crippen LogP contribution is 2.11. The maximum absolute atomic E-state index is 10.8. The van der Waals surface area contributed by atoms with Gasteiger partial charge in [-0.25, -0.2) is 0 Å². The van der Waals surface area contributed by atoms with Crippen LogP contribution in [0.1, 0.15) is 39.5 Å². The van der Waals surface area contributed by atoms with Gasteiger partial charge in [-0.3, -0.25) is 4.79 Å². The highest BCUT2D eigenvalue weighted by Gasteiger charge is 2.07. The monoisotopic (exact) mass is 158 g/mol. The first-order valence-corrected chi connectivity index (χ1v) is 4.27. The minimum Gasteiger partial charge on any atom is -0.469 e. The molecule has 2 heteroatoms. The van der Waals surface area contributed by atoms with Crippen molar-refractivity contribution in [2.45, 2.75) is 39.5 Å². The number of ether oxygens (including phenoxy) is 1. The average Bonchev–Trinajstić information content (AvgIpc) is 2.00. The van der Waals surface area contributed by atoms with E-state index in [1.807, 2.05) is 0 Å². The summed E-state index contributed by atoms with van der Waals surface area (Å²) in [6.45, 7) is 4.25. The molecule has 0 N–H and O–H groups in total. The SMILES string of the molecule is CCCCC(C)CC(=O)OC. The number of methoxy groups -OCH3 is 1. The van der Waals surface area contributed by atoms with Crippen LogP contribution in [-0.2, 0) is 9.53 Å². The third kappa shape index (κ3) is 5.89. The van der Waals surface area contributed by atoms with Crippen LogP contribution in [0.4, 0.5) is 0 Å². The van der Waals surface area contributed by atoms with Crippen molar-refractivity contribution in [2.75, 3.05) is 7.11 Å². The van der Waals surface area contributed by atoms with Crippen LogP contribution in [0.5, 0.6) is 0 Å². The van der Waals surface area contributed by atoms with E-state index >= 15 is 0 Å². The zero-order valence-electron chi connectivity index (χ0n) is 7.72. The minimum absolute atomic E-state index is 0.0893. The van der Waals surface area contributed by atoms with Crippen LogP contribution in [0.2, 0.25) is 0 Å². The summed E-state index contributed by atoms with van der Waals surface area (Å²) in [5.74, 6) is 0.385. The fraction of sp³-hybridized carbons (Fsp3) is 0.889. The summed E-state index contributed by atoms with van der Waals surface area (Å²) in [6, 6.07) is 0. The van der Waals surface area contributed by atoms with E-state index in [2.05, 4.69) is 18.6 Å². The Morgan fingerprint density at radius 1 is 1.55 bits per heavy atom. The van der Waals surface area contributed by atoms with E-state index in [1.165, 1.54) is 20.0 Å². The predicted octanol–water partition coefficient (Wildman–Crippen LogP) is 2.38. The van der Waals surface area contributed by atoms with Crippen molar-refractivity contribution in [1.29, 1.82) is 0 Å². The maximum Gasteiger partial charge on any atom is 0.305 e. The van der Waals surface area contributed by atoms with Crippen molar-refractivity contribution in [1.82, 2.24) is 0 Å². The van der Waals surface area contributed by atoms with Gasteiger partial charge in [0.2, 0.25) is 0 Å². The van der Waals surface area contributed by atoms with Gasteiger partial charge in [-0.15, -0.1) is 0 Å². The predicted molar refractivity (Wildman–Crippen MR) is 45.3 cm³/mol. The number of esters is 1.